The number of ether oxygens (including phenoxy) is 1. The first-order valence-electron chi connectivity index (χ1n) is 8.31. The number of halogens is 1. The van der Waals surface area contributed by atoms with Gasteiger partial charge in [-0.15, -0.1) is 0 Å². The lowest BCUT2D eigenvalue weighted by atomic mass is 9.77. The number of benzene rings is 1. The summed E-state index contributed by atoms with van der Waals surface area (Å²) in [6.07, 6.45) is 5.80. The Morgan fingerprint density at radius 1 is 1.29 bits per heavy atom. The van der Waals surface area contributed by atoms with Gasteiger partial charge in [0.05, 0.1) is 6.10 Å². The summed E-state index contributed by atoms with van der Waals surface area (Å²) in [7, 11) is 0. The topological polar surface area (TPSA) is 21.3 Å². The second-order valence-electron chi connectivity index (χ2n) is 6.10. The fourth-order valence-corrected chi connectivity index (χ4v) is 3.16. The monoisotopic (exact) mass is 293 g/mol. The second-order valence-corrected chi connectivity index (χ2v) is 6.10. The zero-order chi connectivity index (χ0) is 15.1. The quantitative estimate of drug-likeness (QED) is 0.744. The van der Waals surface area contributed by atoms with Gasteiger partial charge in [-0.25, -0.2) is 4.39 Å². The van der Waals surface area contributed by atoms with Crippen LogP contribution in [0.4, 0.5) is 4.39 Å². The third-order valence-corrected chi connectivity index (χ3v) is 4.32. The summed E-state index contributed by atoms with van der Waals surface area (Å²) in [6.45, 7) is 6.03. The van der Waals surface area contributed by atoms with Gasteiger partial charge in [0, 0.05) is 12.6 Å². The predicted octanol–water partition coefficient (Wildman–Crippen LogP) is 3.94. The van der Waals surface area contributed by atoms with Gasteiger partial charge in [-0.1, -0.05) is 25.1 Å². The van der Waals surface area contributed by atoms with Crippen molar-refractivity contribution in [1.82, 2.24) is 5.32 Å². The highest BCUT2D eigenvalue weighted by atomic mass is 19.1. The van der Waals surface area contributed by atoms with Crippen LogP contribution in [0.1, 0.15) is 45.1 Å². The summed E-state index contributed by atoms with van der Waals surface area (Å²) in [5, 5.41) is 3.58. The van der Waals surface area contributed by atoms with Crippen LogP contribution in [-0.4, -0.2) is 25.3 Å². The van der Waals surface area contributed by atoms with E-state index in [-0.39, 0.29) is 5.82 Å². The molecular weight excluding hydrogens is 265 g/mol. The molecule has 1 aromatic carbocycles. The Labute approximate surface area is 128 Å². The Kier molecular flexibility index (Phi) is 6.65. The lowest BCUT2D eigenvalue weighted by molar-refractivity contribution is -0.0290. The van der Waals surface area contributed by atoms with E-state index in [0.29, 0.717) is 12.1 Å². The molecule has 0 radical (unpaired) electrons. The van der Waals surface area contributed by atoms with Crippen LogP contribution in [0.25, 0.3) is 0 Å². The first-order valence-corrected chi connectivity index (χ1v) is 8.31. The van der Waals surface area contributed by atoms with Crippen molar-refractivity contribution in [1.29, 1.82) is 0 Å². The van der Waals surface area contributed by atoms with Crippen LogP contribution < -0.4 is 5.32 Å². The van der Waals surface area contributed by atoms with Gasteiger partial charge >= 0.3 is 0 Å². The average Bonchev–Trinajstić information content (AvgIpc) is 2.44. The standard InChI is InChI=1S/C18H28FNO/c1-3-9-20-16(10-14-11-17(12-14)21-4-2)13-15-7-5-6-8-18(15)19/h5-8,14,16-17,20H,3-4,9-13H2,1-2H3. The molecule has 1 atom stereocenters. The lowest BCUT2D eigenvalue weighted by Gasteiger charge is -2.37. The lowest BCUT2D eigenvalue weighted by Crippen LogP contribution is -2.39. The van der Waals surface area contributed by atoms with E-state index in [1.165, 1.54) is 0 Å². The molecule has 0 heterocycles. The first-order chi connectivity index (χ1) is 10.2. The molecule has 1 saturated carbocycles. The average molecular weight is 293 g/mol. The van der Waals surface area contributed by atoms with Gasteiger partial charge in [0.15, 0.2) is 0 Å². The van der Waals surface area contributed by atoms with E-state index in [2.05, 4.69) is 19.2 Å². The molecule has 1 aromatic rings. The van der Waals surface area contributed by atoms with Crippen molar-refractivity contribution in [2.45, 2.75) is 58.1 Å². The van der Waals surface area contributed by atoms with E-state index < -0.39 is 0 Å². The van der Waals surface area contributed by atoms with E-state index in [1.807, 2.05) is 12.1 Å². The van der Waals surface area contributed by atoms with Crippen LogP contribution >= 0.6 is 0 Å². The third-order valence-electron chi connectivity index (χ3n) is 4.32. The fraction of sp³-hybridized carbons (Fsp3) is 0.667. The maximum atomic E-state index is 13.8. The fourth-order valence-electron chi connectivity index (χ4n) is 3.16. The maximum Gasteiger partial charge on any atom is 0.126 e. The molecule has 1 aliphatic carbocycles. The summed E-state index contributed by atoms with van der Waals surface area (Å²) in [5.41, 5.74) is 0.826. The Balaban J connectivity index is 1.85. The summed E-state index contributed by atoms with van der Waals surface area (Å²) < 4.78 is 19.4. The van der Waals surface area contributed by atoms with Crippen molar-refractivity contribution in [3.05, 3.63) is 35.6 Å². The zero-order valence-electron chi connectivity index (χ0n) is 13.3. The minimum Gasteiger partial charge on any atom is -0.378 e. The summed E-state index contributed by atoms with van der Waals surface area (Å²) in [4.78, 5) is 0. The van der Waals surface area contributed by atoms with Crippen molar-refractivity contribution >= 4 is 0 Å². The van der Waals surface area contributed by atoms with Crippen LogP contribution in [0.2, 0.25) is 0 Å². The van der Waals surface area contributed by atoms with Gasteiger partial charge in [-0.3, -0.25) is 0 Å². The first kappa shape index (κ1) is 16.4. The molecular formula is C18H28FNO. The Morgan fingerprint density at radius 3 is 2.71 bits per heavy atom. The summed E-state index contributed by atoms with van der Waals surface area (Å²) in [5.74, 6) is 0.643. The van der Waals surface area contributed by atoms with E-state index in [4.69, 9.17) is 4.74 Å². The Morgan fingerprint density at radius 2 is 2.05 bits per heavy atom. The summed E-state index contributed by atoms with van der Waals surface area (Å²) >= 11 is 0. The van der Waals surface area contributed by atoms with Crippen LogP contribution in [0, 0.1) is 11.7 Å². The van der Waals surface area contributed by atoms with Crippen LogP contribution in [0.5, 0.6) is 0 Å². The highest BCUT2D eigenvalue weighted by Gasteiger charge is 2.31. The van der Waals surface area contributed by atoms with Crippen molar-refractivity contribution < 1.29 is 9.13 Å². The van der Waals surface area contributed by atoms with Crippen LogP contribution in [0.15, 0.2) is 24.3 Å². The number of rotatable bonds is 9. The molecule has 1 unspecified atom stereocenters. The molecule has 0 amide bonds. The molecule has 0 aliphatic heterocycles. The van der Waals surface area contributed by atoms with Gasteiger partial charge in [-0.2, -0.15) is 0 Å². The van der Waals surface area contributed by atoms with Crippen molar-refractivity contribution in [3.63, 3.8) is 0 Å². The molecule has 1 N–H and O–H groups in total. The number of hydrogen-bond acceptors (Lipinski definition) is 2. The van der Waals surface area contributed by atoms with Crippen molar-refractivity contribution in [2.75, 3.05) is 13.2 Å². The summed E-state index contributed by atoms with van der Waals surface area (Å²) in [6, 6.07) is 7.50. The van der Waals surface area contributed by atoms with E-state index in [0.717, 1.165) is 56.7 Å². The Bertz CT molecular complexity index is 417. The normalized spacial score (nSPS) is 22.8. The molecule has 2 rings (SSSR count). The van der Waals surface area contributed by atoms with E-state index >= 15 is 0 Å². The van der Waals surface area contributed by atoms with Crippen LogP contribution in [-0.2, 0) is 11.2 Å². The molecule has 118 valence electrons. The molecule has 3 heteroatoms. The molecule has 1 fully saturated rings. The maximum absolute atomic E-state index is 13.8. The SMILES string of the molecule is CCCNC(Cc1ccccc1F)CC1CC(OCC)C1. The molecule has 2 nitrogen and oxygen atoms in total. The van der Waals surface area contributed by atoms with E-state index in [9.17, 15) is 4.39 Å². The zero-order valence-corrected chi connectivity index (χ0v) is 13.3. The highest BCUT2D eigenvalue weighted by Crippen LogP contribution is 2.34. The van der Waals surface area contributed by atoms with E-state index in [1.54, 1.807) is 12.1 Å². The number of hydrogen-bond donors (Lipinski definition) is 1. The largest absolute Gasteiger partial charge is 0.378 e. The molecule has 0 aromatic heterocycles. The molecule has 0 bridgehead atoms. The van der Waals surface area contributed by atoms with Gasteiger partial charge < -0.3 is 10.1 Å². The van der Waals surface area contributed by atoms with Crippen molar-refractivity contribution in [3.8, 4) is 0 Å². The van der Waals surface area contributed by atoms with Crippen LogP contribution in [0.3, 0.4) is 0 Å². The minimum atomic E-state index is -0.0819. The highest BCUT2D eigenvalue weighted by molar-refractivity contribution is 5.18. The molecule has 0 spiro atoms. The third kappa shape index (κ3) is 5.08. The smallest absolute Gasteiger partial charge is 0.126 e. The minimum absolute atomic E-state index is 0.0819. The second kappa shape index (κ2) is 8.50. The van der Waals surface area contributed by atoms with Crippen molar-refractivity contribution in [2.24, 2.45) is 5.92 Å². The Hall–Kier alpha value is -0.930. The van der Waals surface area contributed by atoms with Gasteiger partial charge in [0.2, 0.25) is 0 Å². The van der Waals surface area contributed by atoms with Gasteiger partial charge in [0.25, 0.3) is 0 Å². The van der Waals surface area contributed by atoms with Gasteiger partial charge in [-0.05, 0) is 63.1 Å². The molecule has 1 aliphatic rings. The molecule has 21 heavy (non-hydrogen) atoms. The predicted molar refractivity (Wildman–Crippen MR) is 84.9 cm³/mol. The van der Waals surface area contributed by atoms with Gasteiger partial charge in [0.1, 0.15) is 5.82 Å². The number of nitrogens with one attached hydrogen (secondary N) is 1. The molecule has 0 saturated heterocycles.